The summed E-state index contributed by atoms with van der Waals surface area (Å²) in [7, 11) is -4.14. The lowest BCUT2D eigenvalue weighted by Crippen LogP contribution is -2.23. The largest absolute Gasteiger partial charge is 0.478 e. The third-order valence-corrected chi connectivity index (χ3v) is 5.97. The van der Waals surface area contributed by atoms with E-state index in [2.05, 4.69) is 0 Å². The van der Waals surface area contributed by atoms with Gasteiger partial charge in [-0.3, -0.25) is 0 Å². The number of hydrogen-bond donors (Lipinski definition) is 1. The number of carboxylic acid groups (broad SMARTS) is 1. The number of sulfonamides is 1. The van der Waals surface area contributed by atoms with Gasteiger partial charge in [0.15, 0.2) is 0 Å². The molecule has 0 radical (unpaired) electrons. The molecular weight excluding hydrogens is 374 g/mol. The maximum Gasteiger partial charge on any atom is 0.337 e. The summed E-state index contributed by atoms with van der Waals surface area (Å²) in [4.78, 5) is 11.3. The predicted molar refractivity (Wildman–Crippen MR) is 101 cm³/mol. The highest BCUT2D eigenvalue weighted by Gasteiger charge is 2.27. The highest BCUT2D eigenvalue weighted by Crippen LogP contribution is 2.31. The Hall–Kier alpha value is -2.83. The van der Waals surface area contributed by atoms with Gasteiger partial charge in [0, 0.05) is 11.8 Å². The van der Waals surface area contributed by atoms with Gasteiger partial charge in [0.25, 0.3) is 10.0 Å². The molecule has 3 aromatic carbocycles. The van der Waals surface area contributed by atoms with Crippen molar-refractivity contribution in [3.8, 4) is 11.1 Å². The van der Waals surface area contributed by atoms with Gasteiger partial charge in [-0.2, -0.15) is 12.2 Å². The van der Waals surface area contributed by atoms with Gasteiger partial charge in [-0.1, -0.05) is 54.6 Å². The van der Waals surface area contributed by atoms with E-state index in [4.69, 9.17) is 11.8 Å². The maximum atomic E-state index is 12.9. The van der Waals surface area contributed by atoms with Crippen molar-refractivity contribution in [1.82, 2.24) is 0 Å². The fourth-order valence-electron chi connectivity index (χ4n) is 2.50. The normalized spacial score (nSPS) is 11.1. The minimum absolute atomic E-state index is 0.0333. The Bertz CT molecular complexity index is 1050. The molecule has 0 aliphatic carbocycles. The Morgan fingerprint density at radius 3 is 2.15 bits per heavy atom. The second kappa shape index (κ2) is 7.19. The van der Waals surface area contributed by atoms with Gasteiger partial charge in [0.05, 0.1) is 16.1 Å². The number of anilines is 1. The first-order chi connectivity index (χ1) is 12.4. The average Bonchev–Trinajstić information content (AvgIpc) is 2.68. The van der Waals surface area contributed by atoms with Crippen LogP contribution in [0.3, 0.4) is 0 Å². The molecule has 3 aromatic rings. The molecule has 0 fully saturated rings. The van der Waals surface area contributed by atoms with Gasteiger partial charge < -0.3 is 5.11 Å². The monoisotopic (exact) mass is 387 g/mol. The summed E-state index contributed by atoms with van der Waals surface area (Å²) < 4.78 is 26.3. The molecule has 0 aromatic heterocycles. The van der Waals surface area contributed by atoms with Crippen LogP contribution in [0.4, 0.5) is 5.69 Å². The molecule has 3 rings (SSSR count). The molecule has 0 bridgehead atoms. The maximum absolute atomic E-state index is 12.9. The first kappa shape index (κ1) is 18.0. The Balaban J connectivity index is 2.05. The van der Waals surface area contributed by atoms with Gasteiger partial charge in [-0.05, 0) is 35.4 Å². The van der Waals surface area contributed by atoms with Crippen molar-refractivity contribution in [3.05, 3.63) is 84.4 Å². The number of nitrogens with zero attached hydrogens (tertiary/aromatic N) is 1. The minimum Gasteiger partial charge on any atom is -0.478 e. The first-order valence-electron chi connectivity index (χ1n) is 7.60. The van der Waals surface area contributed by atoms with E-state index < -0.39 is 16.0 Å². The van der Waals surface area contributed by atoms with E-state index in [1.165, 1.54) is 36.4 Å². The van der Waals surface area contributed by atoms with Crippen molar-refractivity contribution in [2.24, 2.45) is 0 Å². The van der Waals surface area contributed by atoms with Gasteiger partial charge >= 0.3 is 5.97 Å². The Labute approximate surface area is 156 Å². The SMILES string of the molecule is O=C(O)c1ccccc1N(Cl)S(=O)(=O)c1cccc(-c2ccccc2)c1. The number of benzene rings is 3. The van der Waals surface area contributed by atoms with E-state index in [1.807, 2.05) is 30.3 Å². The van der Waals surface area contributed by atoms with E-state index >= 15 is 0 Å². The molecule has 5 nitrogen and oxygen atoms in total. The molecule has 0 atom stereocenters. The minimum atomic E-state index is -4.14. The van der Waals surface area contributed by atoms with E-state index in [0.29, 0.717) is 9.39 Å². The smallest absolute Gasteiger partial charge is 0.337 e. The molecule has 0 aliphatic heterocycles. The Morgan fingerprint density at radius 1 is 0.846 bits per heavy atom. The van der Waals surface area contributed by atoms with E-state index in [1.54, 1.807) is 12.1 Å². The number of carboxylic acids is 1. The third-order valence-electron chi connectivity index (χ3n) is 3.77. The zero-order valence-corrected chi connectivity index (χ0v) is 15.0. The van der Waals surface area contributed by atoms with Crippen LogP contribution < -0.4 is 3.82 Å². The van der Waals surface area contributed by atoms with Crippen molar-refractivity contribution in [2.45, 2.75) is 4.90 Å². The number of aromatic carboxylic acids is 1. The second-order valence-electron chi connectivity index (χ2n) is 5.44. The number of hydrogen-bond acceptors (Lipinski definition) is 3. The van der Waals surface area contributed by atoms with Crippen molar-refractivity contribution >= 4 is 33.5 Å². The number of para-hydroxylation sites is 1. The van der Waals surface area contributed by atoms with E-state index in [-0.39, 0.29) is 16.1 Å². The predicted octanol–water partition coefficient (Wildman–Crippen LogP) is 4.40. The van der Waals surface area contributed by atoms with Crippen molar-refractivity contribution in [3.63, 3.8) is 0 Å². The van der Waals surface area contributed by atoms with Gasteiger partial charge in [0.1, 0.15) is 0 Å². The summed E-state index contributed by atoms with van der Waals surface area (Å²) in [5, 5.41) is 9.26. The fourth-order valence-corrected chi connectivity index (χ4v) is 4.01. The highest BCUT2D eigenvalue weighted by atomic mass is 35.5. The number of carbonyl (C=O) groups is 1. The summed E-state index contributed by atoms with van der Waals surface area (Å²) in [5.74, 6) is -1.26. The standard InChI is InChI=1S/C19H14ClNO4S/c20-21(18-12-5-4-11-17(18)19(22)23)26(24,25)16-10-6-9-15(13-16)14-7-2-1-3-8-14/h1-13H,(H,22,23). The zero-order chi connectivity index (χ0) is 18.7. The molecule has 0 unspecified atom stereocenters. The molecule has 26 heavy (non-hydrogen) atoms. The van der Waals surface area contributed by atoms with Gasteiger partial charge in [-0.15, -0.1) is 0 Å². The van der Waals surface area contributed by atoms with Crippen LogP contribution >= 0.6 is 11.8 Å². The first-order valence-corrected chi connectivity index (χ1v) is 9.38. The molecule has 0 saturated heterocycles. The van der Waals surface area contributed by atoms with Crippen LogP contribution in [0.5, 0.6) is 0 Å². The Morgan fingerprint density at radius 2 is 1.46 bits per heavy atom. The summed E-state index contributed by atoms with van der Waals surface area (Å²) in [6.07, 6.45) is 0. The van der Waals surface area contributed by atoms with Crippen molar-refractivity contribution in [1.29, 1.82) is 0 Å². The van der Waals surface area contributed by atoms with Crippen LogP contribution in [0, 0.1) is 0 Å². The molecule has 7 heteroatoms. The lowest BCUT2D eigenvalue weighted by atomic mass is 10.1. The number of halogens is 1. The molecule has 1 N–H and O–H groups in total. The van der Waals surface area contributed by atoms with E-state index in [9.17, 15) is 18.3 Å². The van der Waals surface area contributed by atoms with Crippen LogP contribution in [0.25, 0.3) is 11.1 Å². The highest BCUT2D eigenvalue weighted by molar-refractivity contribution is 7.94. The lowest BCUT2D eigenvalue weighted by Gasteiger charge is -2.18. The molecule has 0 heterocycles. The lowest BCUT2D eigenvalue weighted by molar-refractivity contribution is 0.0698. The van der Waals surface area contributed by atoms with Crippen LogP contribution in [0.2, 0.25) is 0 Å². The molecule has 0 aliphatic rings. The topological polar surface area (TPSA) is 74.7 Å². The summed E-state index contributed by atoms with van der Waals surface area (Å²) in [5.41, 5.74) is 1.25. The van der Waals surface area contributed by atoms with E-state index in [0.717, 1.165) is 5.56 Å². The van der Waals surface area contributed by atoms with Crippen LogP contribution in [0.1, 0.15) is 10.4 Å². The molecule has 0 amide bonds. The summed E-state index contributed by atoms with van der Waals surface area (Å²) in [6.45, 7) is 0. The molecule has 0 spiro atoms. The van der Waals surface area contributed by atoms with Crippen molar-refractivity contribution < 1.29 is 18.3 Å². The summed E-state index contributed by atoms with van der Waals surface area (Å²) >= 11 is 6.06. The van der Waals surface area contributed by atoms with Crippen LogP contribution in [0.15, 0.2) is 83.8 Å². The van der Waals surface area contributed by atoms with Crippen LogP contribution in [-0.2, 0) is 10.0 Å². The zero-order valence-electron chi connectivity index (χ0n) is 13.4. The molecule has 132 valence electrons. The van der Waals surface area contributed by atoms with Crippen molar-refractivity contribution in [2.75, 3.05) is 3.82 Å². The van der Waals surface area contributed by atoms with Gasteiger partial charge in [0.2, 0.25) is 0 Å². The average molecular weight is 388 g/mol. The van der Waals surface area contributed by atoms with Crippen LogP contribution in [-0.4, -0.2) is 19.5 Å². The van der Waals surface area contributed by atoms with Gasteiger partial charge in [-0.25, -0.2) is 4.79 Å². The fraction of sp³-hybridized carbons (Fsp3) is 0. The number of rotatable bonds is 5. The third kappa shape index (κ3) is 3.42. The molecular formula is C19H14ClNO4S. The summed E-state index contributed by atoms with van der Waals surface area (Å²) in [6, 6.07) is 21.3. The quantitative estimate of drug-likeness (QED) is 0.658. The Kier molecular flexibility index (Phi) is 4.97. The second-order valence-corrected chi connectivity index (χ2v) is 7.76. The molecule has 0 saturated carbocycles.